The molecule has 0 saturated carbocycles. The van der Waals surface area contributed by atoms with E-state index in [1.165, 1.54) is 0 Å². The van der Waals surface area contributed by atoms with E-state index >= 15 is 0 Å². The lowest BCUT2D eigenvalue weighted by Crippen LogP contribution is -2.57. The zero-order valence-electron chi connectivity index (χ0n) is 19.6. The third kappa shape index (κ3) is 4.16. The van der Waals surface area contributed by atoms with Crippen LogP contribution in [0.2, 0.25) is 5.02 Å². The number of carbonyl (C=O) groups is 2. The molecule has 1 fully saturated rings. The van der Waals surface area contributed by atoms with Gasteiger partial charge < -0.3 is 14.2 Å². The Balaban J connectivity index is 1.73. The van der Waals surface area contributed by atoms with Crippen molar-refractivity contribution in [1.82, 2.24) is 19.4 Å². The summed E-state index contributed by atoms with van der Waals surface area (Å²) < 4.78 is 7.45. The van der Waals surface area contributed by atoms with Crippen LogP contribution in [-0.4, -0.2) is 69.0 Å². The van der Waals surface area contributed by atoms with Crippen LogP contribution >= 0.6 is 11.6 Å². The number of amides is 1. The van der Waals surface area contributed by atoms with Gasteiger partial charge in [-0.05, 0) is 65.4 Å². The molecule has 2 aromatic rings. The maximum Gasteiger partial charge on any atom is 0.359 e. The SMILES string of the molecule is C[C@@H]1CN(C(=O)C2Cc3c(C(=O)OC(C)(C)C)ncn3-c3ccc(Cl)cc32)C[C@H](C)N1C. The summed E-state index contributed by atoms with van der Waals surface area (Å²) in [5.74, 6) is -0.850. The molecule has 1 aromatic heterocycles. The van der Waals surface area contributed by atoms with Crippen LogP contribution in [0, 0.1) is 0 Å². The van der Waals surface area contributed by atoms with Gasteiger partial charge in [0.05, 0.1) is 17.3 Å². The van der Waals surface area contributed by atoms with Gasteiger partial charge in [-0.15, -0.1) is 0 Å². The van der Waals surface area contributed by atoms with Crippen LogP contribution in [0.3, 0.4) is 0 Å². The number of hydrogen-bond acceptors (Lipinski definition) is 5. The van der Waals surface area contributed by atoms with Crippen molar-refractivity contribution in [3.8, 4) is 5.69 Å². The van der Waals surface area contributed by atoms with Gasteiger partial charge in [-0.25, -0.2) is 9.78 Å². The maximum absolute atomic E-state index is 13.8. The minimum absolute atomic E-state index is 0.0582. The molecule has 1 amide bonds. The van der Waals surface area contributed by atoms with Gasteiger partial charge in [0, 0.05) is 36.6 Å². The van der Waals surface area contributed by atoms with E-state index in [0.717, 1.165) is 11.3 Å². The lowest BCUT2D eigenvalue weighted by atomic mass is 9.87. The molecule has 4 rings (SSSR count). The predicted molar refractivity (Wildman–Crippen MR) is 123 cm³/mol. The number of carbonyl (C=O) groups excluding carboxylic acids is 2. The molecule has 7 nitrogen and oxygen atoms in total. The van der Waals surface area contributed by atoms with Gasteiger partial charge in [-0.2, -0.15) is 0 Å². The van der Waals surface area contributed by atoms with Gasteiger partial charge in [0.25, 0.3) is 0 Å². The van der Waals surface area contributed by atoms with Crippen molar-refractivity contribution in [2.75, 3.05) is 20.1 Å². The predicted octanol–water partition coefficient (Wildman–Crippen LogP) is 3.67. The highest BCUT2D eigenvalue weighted by Gasteiger charge is 2.39. The molecule has 3 atom stereocenters. The van der Waals surface area contributed by atoms with Gasteiger partial charge in [0.15, 0.2) is 5.69 Å². The van der Waals surface area contributed by atoms with E-state index in [1.54, 1.807) is 12.4 Å². The molecule has 1 unspecified atom stereocenters. The summed E-state index contributed by atoms with van der Waals surface area (Å²) in [6.45, 7) is 11.1. The van der Waals surface area contributed by atoms with E-state index in [1.807, 2.05) is 42.4 Å². The Morgan fingerprint density at radius 2 is 1.81 bits per heavy atom. The van der Waals surface area contributed by atoms with Crippen LogP contribution in [0.1, 0.15) is 62.3 Å². The number of rotatable bonds is 2. The van der Waals surface area contributed by atoms with Gasteiger partial charge in [0.2, 0.25) is 5.91 Å². The van der Waals surface area contributed by atoms with E-state index < -0.39 is 17.5 Å². The molecule has 0 aliphatic carbocycles. The Morgan fingerprint density at radius 1 is 1.16 bits per heavy atom. The number of esters is 1. The molecular formula is C24H31ClN4O3. The van der Waals surface area contributed by atoms with E-state index in [9.17, 15) is 9.59 Å². The topological polar surface area (TPSA) is 67.7 Å². The Hall–Kier alpha value is -2.38. The number of halogens is 1. The van der Waals surface area contributed by atoms with Crippen molar-refractivity contribution in [2.24, 2.45) is 0 Å². The Kier molecular flexibility index (Phi) is 5.84. The lowest BCUT2D eigenvalue weighted by Gasteiger charge is -2.44. The highest BCUT2D eigenvalue weighted by molar-refractivity contribution is 6.30. The standard InChI is InChI=1S/C24H31ClN4O3/c1-14-11-28(12-15(2)27(14)6)22(30)18-10-20-21(23(31)32-24(3,4)5)26-13-29(20)19-8-7-16(25)9-17(18)19/h7-9,13-15,18H,10-12H2,1-6H3/t14-,15+,18?. The van der Waals surface area contributed by atoms with Crippen molar-refractivity contribution in [1.29, 1.82) is 0 Å². The second-order valence-electron chi connectivity index (χ2n) is 9.98. The van der Waals surface area contributed by atoms with Crippen LogP contribution in [0.15, 0.2) is 24.5 Å². The van der Waals surface area contributed by atoms with Crippen molar-refractivity contribution in [3.05, 3.63) is 46.5 Å². The van der Waals surface area contributed by atoms with Gasteiger partial charge in [-0.1, -0.05) is 11.6 Å². The molecule has 0 bridgehead atoms. The molecule has 32 heavy (non-hydrogen) atoms. The Bertz CT molecular complexity index is 1050. The number of likely N-dealkylation sites (N-methyl/N-ethyl adjacent to an activating group) is 1. The normalized spacial score (nSPS) is 23.5. The zero-order chi connectivity index (χ0) is 23.4. The van der Waals surface area contributed by atoms with E-state index in [2.05, 4.69) is 30.8 Å². The van der Waals surface area contributed by atoms with Crippen molar-refractivity contribution in [3.63, 3.8) is 0 Å². The summed E-state index contributed by atoms with van der Waals surface area (Å²) in [5, 5.41) is 0.581. The summed E-state index contributed by atoms with van der Waals surface area (Å²) in [5.41, 5.74) is 2.02. The summed E-state index contributed by atoms with van der Waals surface area (Å²) >= 11 is 6.32. The summed E-state index contributed by atoms with van der Waals surface area (Å²) in [6, 6.07) is 6.08. The number of imidazole rings is 1. The fourth-order valence-corrected chi connectivity index (χ4v) is 4.81. The monoisotopic (exact) mass is 458 g/mol. The highest BCUT2D eigenvalue weighted by atomic mass is 35.5. The van der Waals surface area contributed by atoms with Crippen LogP contribution in [0.25, 0.3) is 5.69 Å². The molecule has 2 aliphatic rings. The quantitative estimate of drug-likeness (QED) is 0.642. The fourth-order valence-electron chi connectivity index (χ4n) is 4.63. The number of benzene rings is 1. The molecule has 0 spiro atoms. The molecule has 172 valence electrons. The molecule has 3 heterocycles. The average Bonchev–Trinajstić information content (AvgIpc) is 3.13. The maximum atomic E-state index is 13.8. The van der Waals surface area contributed by atoms with Crippen LogP contribution in [0.4, 0.5) is 0 Å². The second kappa shape index (κ2) is 8.19. The molecule has 0 radical (unpaired) electrons. The van der Waals surface area contributed by atoms with Crippen LogP contribution in [-0.2, 0) is 16.0 Å². The summed E-state index contributed by atoms with van der Waals surface area (Å²) in [7, 11) is 2.10. The minimum Gasteiger partial charge on any atom is -0.455 e. The molecule has 8 heteroatoms. The van der Waals surface area contributed by atoms with E-state index in [0.29, 0.717) is 30.2 Å². The molecular weight excluding hydrogens is 428 g/mol. The zero-order valence-corrected chi connectivity index (χ0v) is 20.3. The Morgan fingerprint density at radius 3 is 2.44 bits per heavy atom. The third-order valence-corrected chi connectivity index (χ3v) is 6.69. The van der Waals surface area contributed by atoms with Crippen LogP contribution in [0.5, 0.6) is 0 Å². The first kappa shape index (κ1) is 22.8. The fraction of sp³-hybridized carbons (Fsp3) is 0.542. The molecule has 0 N–H and O–H groups in total. The first-order valence-corrected chi connectivity index (χ1v) is 11.4. The third-order valence-electron chi connectivity index (χ3n) is 6.45. The average molecular weight is 459 g/mol. The minimum atomic E-state index is -0.630. The second-order valence-corrected chi connectivity index (χ2v) is 10.4. The van der Waals surface area contributed by atoms with E-state index in [-0.39, 0.29) is 23.7 Å². The summed E-state index contributed by atoms with van der Waals surface area (Å²) in [6.07, 6.45) is 2.00. The molecule has 1 saturated heterocycles. The smallest absolute Gasteiger partial charge is 0.359 e. The van der Waals surface area contributed by atoms with Gasteiger partial charge >= 0.3 is 5.97 Å². The van der Waals surface area contributed by atoms with Crippen molar-refractivity contribution >= 4 is 23.5 Å². The number of piperazine rings is 1. The van der Waals surface area contributed by atoms with Gasteiger partial charge in [0.1, 0.15) is 11.9 Å². The number of fused-ring (bicyclic) bond motifs is 3. The number of aromatic nitrogens is 2. The molecule has 2 aliphatic heterocycles. The van der Waals surface area contributed by atoms with Gasteiger partial charge in [-0.3, -0.25) is 9.69 Å². The summed E-state index contributed by atoms with van der Waals surface area (Å²) in [4.78, 5) is 35.2. The largest absolute Gasteiger partial charge is 0.455 e. The van der Waals surface area contributed by atoms with Crippen molar-refractivity contribution in [2.45, 2.75) is 64.6 Å². The van der Waals surface area contributed by atoms with E-state index in [4.69, 9.17) is 16.3 Å². The lowest BCUT2D eigenvalue weighted by molar-refractivity contribution is -0.136. The van der Waals surface area contributed by atoms with Crippen molar-refractivity contribution < 1.29 is 14.3 Å². The Labute approximate surface area is 194 Å². The number of ether oxygens (including phenoxy) is 1. The number of nitrogens with zero attached hydrogens (tertiary/aromatic N) is 4. The van der Waals surface area contributed by atoms with Crippen LogP contribution < -0.4 is 0 Å². The first-order valence-electron chi connectivity index (χ1n) is 11.1. The number of hydrogen-bond donors (Lipinski definition) is 0. The highest BCUT2D eigenvalue weighted by Crippen LogP contribution is 2.38. The first-order chi connectivity index (χ1) is 15.0. The molecule has 1 aromatic carbocycles.